The molecule has 3 fully saturated rings. The number of amides is 2. The van der Waals surface area contributed by atoms with Gasteiger partial charge in [0.05, 0.1) is 0 Å². The number of hydrogen-bond donors (Lipinski definition) is 3. The van der Waals surface area contributed by atoms with E-state index in [4.69, 9.17) is 14.2 Å². The molecule has 3 rings (SSSR count). The number of methoxy groups -OCH3 is 1. The van der Waals surface area contributed by atoms with E-state index in [1.165, 1.54) is 26.4 Å². The van der Waals surface area contributed by atoms with Gasteiger partial charge in [0.1, 0.15) is 24.4 Å². The van der Waals surface area contributed by atoms with Gasteiger partial charge in [0.25, 0.3) is 5.91 Å². The van der Waals surface area contributed by atoms with E-state index in [9.17, 15) is 14.7 Å². The zero-order chi connectivity index (χ0) is 22.4. The fraction of sp³-hybridized carbons (Fsp3) is 0.826. The summed E-state index contributed by atoms with van der Waals surface area (Å²) in [6.45, 7) is 4.19. The molecule has 0 spiro atoms. The fourth-order valence-corrected chi connectivity index (χ4v) is 4.73. The van der Waals surface area contributed by atoms with Gasteiger partial charge in [-0.05, 0) is 51.9 Å². The smallest absolute Gasteiger partial charge is 0.252 e. The van der Waals surface area contributed by atoms with Crippen molar-refractivity contribution in [1.29, 1.82) is 0 Å². The summed E-state index contributed by atoms with van der Waals surface area (Å²) >= 11 is 0. The summed E-state index contributed by atoms with van der Waals surface area (Å²) in [5.74, 6) is -1.11. The Hall–Kier alpha value is -1.48. The molecule has 8 heteroatoms. The Morgan fingerprint density at radius 2 is 1.87 bits per heavy atom. The summed E-state index contributed by atoms with van der Waals surface area (Å²) in [7, 11) is 1.37. The van der Waals surface area contributed by atoms with Gasteiger partial charge < -0.3 is 30.0 Å². The molecule has 2 amide bonds. The van der Waals surface area contributed by atoms with Crippen molar-refractivity contribution in [3.63, 3.8) is 0 Å². The number of aliphatic hydroxyl groups excluding tert-OH is 1. The minimum Gasteiger partial charge on any atom is -0.387 e. The van der Waals surface area contributed by atoms with Crippen LogP contribution in [0, 0.1) is 5.92 Å². The second kappa shape index (κ2) is 10.9. The molecule has 3 N–H and O–H groups in total. The van der Waals surface area contributed by atoms with E-state index >= 15 is 0 Å². The van der Waals surface area contributed by atoms with E-state index in [1.807, 2.05) is 6.08 Å². The lowest BCUT2D eigenvalue weighted by atomic mass is 9.88. The summed E-state index contributed by atoms with van der Waals surface area (Å²) in [6.07, 6.45) is 8.80. The number of nitrogens with one attached hydrogen (secondary N) is 2. The third-order valence-corrected chi connectivity index (χ3v) is 6.40. The minimum atomic E-state index is -1.25. The molecular formula is C23H38N2O6. The molecule has 5 atom stereocenters. The van der Waals surface area contributed by atoms with Crippen molar-refractivity contribution in [2.75, 3.05) is 13.7 Å². The Kier molecular flexibility index (Phi) is 8.50. The van der Waals surface area contributed by atoms with Crippen LogP contribution in [0.15, 0.2) is 12.2 Å². The Labute approximate surface area is 185 Å². The first-order valence-corrected chi connectivity index (χ1v) is 11.6. The van der Waals surface area contributed by atoms with Crippen molar-refractivity contribution in [3.05, 3.63) is 12.2 Å². The molecule has 0 radical (unpaired) electrons. The first-order chi connectivity index (χ1) is 14.8. The first kappa shape index (κ1) is 24.2. The molecule has 31 heavy (non-hydrogen) atoms. The van der Waals surface area contributed by atoms with E-state index < -0.39 is 42.2 Å². The highest BCUT2D eigenvalue weighted by Gasteiger charge is 2.48. The predicted molar refractivity (Wildman–Crippen MR) is 115 cm³/mol. The quantitative estimate of drug-likeness (QED) is 0.524. The summed E-state index contributed by atoms with van der Waals surface area (Å²) in [6, 6.07) is -0.626. The van der Waals surface area contributed by atoms with Gasteiger partial charge in [-0.2, -0.15) is 0 Å². The molecule has 3 aliphatic rings. The standard InChI is InChI=1S/C23H38N2O6/c1-23(2)30-17(13-12-15-9-5-4-6-10-15)19(31-23)18(26)20(29-3)22(28)25-16-11-7-8-14-24-21(16)27/h12-13,15-20,26H,4-11,14H2,1-3H3,(H,24,27)(H,25,28)/b13-12+/t16-,17+,18+,19-,20+/m0/s1. The largest absolute Gasteiger partial charge is 0.387 e. The van der Waals surface area contributed by atoms with E-state index in [1.54, 1.807) is 13.8 Å². The molecule has 2 heterocycles. The maximum atomic E-state index is 12.9. The molecule has 1 saturated carbocycles. The van der Waals surface area contributed by atoms with Crippen LogP contribution in [0.5, 0.6) is 0 Å². The normalized spacial score (nSPS) is 31.7. The van der Waals surface area contributed by atoms with Crippen LogP contribution in [0.3, 0.4) is 0 Å². The summed E-state index contributed by atoms with van der Waals surface area (Å²) in [4.78, 5) is 25.1. The van der Waals surface area contributed by atoms with Crippen LogP contribution in [0.1, 0.15) is 65.2 Å². The molecule has 1 aliphatic carbocycles. The highest BCUT2D eigenvalue weighted by molar-refractivity contribution is 5.89. The van der Waals surface area contributed by atoms with Crippen molar-refractivity contribution < 1.29 is 28.9 Å². The first-order valence-electron chi connectivity index (χ1n) is 11.6. The second-order valence-corrected chi connectivity index (χ2v) is 9.34. The van der Waals surface area contributed by atoms with E-state index in [0.717, 1.165) is 25.7 Å². The number of aliphatic hydroxyl groups is 1. The molecular weight excluding hydrogens is 400 g/mol. The molecule has 2 aliphatic heterocycles. The Morgan fingerprint density at radius 1 is 1.16 bits per heavy atom. The van der Waals surface area contributed by atoms with Gasteiger partial charge in [0.15, 0.2) is 11.9 Å². The van der Waals surface area contributed by atoms with Crippen LogP contribution in [-0.2, 0) is 23.8 Å². The lowest BCUT2D eigenvalue weighted by Gasteiger charge is -2.28. The van der Waals surface area contributed by atoms with Crippen molar-refractivity contribution in [1.82, 2.24) is 10.6 Å². The number of carbonyl (C=O) groups excluding carboxylic acids is 2. The van der Waals surface area contributed by atoms with Crippen LogP contribution in [0.2, 0.25) is 0 Å². The van der Waals surface area contributed by atoms with Crippen molar-refractivity contribution >= 4 is 11.8 Å². The van der Waals surface area contributed by atoms with Crippen LogP contribution >= 0.6 is 0 Å². The lowest BCUT2D eigenvalue weighted by Crippen LogP contribution is -2.55. The highest BCUT2D eigenvalue weighted by atomic mass is 16.8. The summed E-state index contributed by atoms with van der Waals surface area (Å²) in [5, 5.41) is 16.6. The number of carbonyl (C=O) groups is 2. The number of rotatable bonds is 7. The molecule has 176 valence electrons. The van der Waals surface area contributed by atoms with Gasteiger partial charge in [-0.25, -0.2) is 0 Å². The van der Waals surface area contributed by atoms with Crippen LogP contribution in [0.4, 0.5) is 0 Å². The van der Waals surface area contributed by atoms with E-state index in [-0.39, 0.29) is 5.91 Å². The summed E-state index contributed by atoms with van der Waals surface area (Å²) in [5.41, 5.74) is 0. The Bertz CT molecular complexity index is 646. The van der Waals surface area contributed by atoms with E-state index in [2.05, 4.69) is 16.7 Å². The SMILES string of the molecule is CO[C@@H](C(=O)N[C@H]1CCCCNC1=O)[C@H](O)[C@H]1OC(C)(C)O[C@@H]1/C=C/C1CCCCC1. The maximum absolute atomic E-state index is 12.9. The molecule has 0 bridgehead atoms. The Morgan fingerprint density at radius 3 is 2.58 bits per heavy atom. The topological polar surface area (TPSA) is 106 Å². The Balaban J connectivity index is 1.67. The number of hydrogen-bond acceptors (Lipinski definition) is 6. The van der Waals surface area contributed by atoms with Gasteiger partial charge in [0, 0.05) is 13.7 Å². The zero-order valence-corrected chi connectivity index (χ0v) is 19.0. The molecule has 8 nitrogen and oxygen atoms in total. The highest BCUT2D eigenvalue weighted by Crippen LogP contribution is 2.33. The van der Waals surface area contributed by atoms with Gasteiger partial charge >= 0.3 is 0 Å². The molecule has 0 aromatic heterocycles. The van der Waals surface area contributed by atoms with Gasteiger partial charge in [-0.15, -0.1) is 0 Å². The van der Waals surface area contributed by atoms with Crippen molar-refractivity contribution in [3.8, 4) is 0 Å². The van der Waals surface area contributed by atoms with Gasteiger partial charge in [-0.1, -0.05) is 31.4 Å². The third kappa shape index (κ3) is 6.51. The minimum absolute atomic E-state index is 0.204. The van der Waals surface area contributed by atoms with Crippen LogP contribution in [-0.4, -0.2) is 66.8 Å². The molecule has 0 unspecified atom stereocenters. The van der Waals surface area contributed by atoms with Crippen molar-refractivity contribution in [2.45, 2.75) is 101 Å². The van der Waals surface area contributed by atoms with E-state index in [0.29, 0.717) is 18.9 Å². The predicted octanol–water partition coefficient (Wildman–Crippen LogP) is 1.80. The average molecular weight is 439 g/mol. The molecule has 0 aromatic rings. The van der Waals surface area contributed by atoms with Gasteiger partial charge in [0.2, 0.25) is 5.91 Å². The lowest BCUT2D eigenvalue weighted by molar-refractivity contribution is -0.169. The van der Waals surface area contributed by atoms with Crippen LogP contribution < -0.4 is 10.6 Å². The second-order valence-electron chi connectivity index (χ2n) is 9.34. The number of allylic oxidation sites excluding steroid dienone is 1. The monoisotopic (exact) mass is 438 g/mol. The molecule has 0 aromatic carbocycles. The third-order valence-electron chi connectivity index (χ3n) is 6.40. The van der Waals surface area contributed by atoms with Gasteiger partial charge in [-0.3, -0.25) is 9.59 Å². The fourth-order valence-electron chi connectivity index (χ4n) is 4.73. The van der Waals surface area contributed by atoms with Crippen molar-refractivity contribution in [2.24, 2.45) is 5.92 Å². The molecule has 2 saturated heterocycles. The average Bonchev–Trinajstić information content (AvgIpc) is 2.92. The maximum Gasteiger partial charge on any atom is 0.252 e. The zero-order valence-electron chi connectivity index (χ0n) is 19.0. The summed E-state index contributed by atoms with van der Waals surface area (Å²) < 4.78 is 17.3. The van der Waals surface area contributed by atoms with Crippen LogP contribution in [0.25, 0.3) is 0 Å². The number of ether oxygens (including phenoxy) is 3.